The molecule has 18 heavy (non-hydrogen) atoms. The topological polar surface area (TPSA) is 24.9 Å². The van der Waals surface area contributed by atoms with Crippen LogP contribution in [0.2, 0.25) is 0 Å². The summed E-state index contributed by atoms with van der Waals surface area (Å²) in [5.74, 6) is 0.815. The Hall–Kier alpha value is -0.410. The normalized spacial score (nSPS) is 18.7. The monoisotopic (exact) mass is 266 g/mol. The third-order valence-corrected chi connectivity index (χ3v) is 5.07. The van der Waals surface area contributed by atoms with Gasteiger partial charge in [-0.15, -0.1) is 11.3 Å². The van der Waals surface area contributed by atoms with Crippen LogP contribution in [0.4, 0.5) is 0 Å². The molecule has 0 radical (unpaired) electrons. The van der Waals surface area contributed by atoms with E-state index in [0.717, 1.165) is 12.5 Å². The highest BCUT2D eigenvalue weighted by molar-refractivity contribution is 7.09. The second-order valence-corrected chi connectivity index (χ2v) is 7.21. The van der Waals surface area contributed by atoms with E-state index in [2.05, 4.69) is 31.1 Å². The van der Waals surface area contributed by atoms with Crippen molar-refractivity contribution in [2.24, 2.45) is 11.3 Å². The van der Waals surface area contributed by atoms with Crippen molar-refractivity contribution >= 4 is 11.3 Å². The van der Waals surface area contributed by atoms with Gasteiger partial charge in [-0.3, -0.25) is 0 Å². The Kier molecular flexibility index (Phi) is 4.79. The molecule has 0 saturated heterocycles. The van der Waals surface area contributed by atoms with Crippen LogP contribution < -0.4 is 5.32 Å². The van der Waals surface area contributed by atoms with Gasteiger partial charge in [-0.1, -0.05) is 26.7 Å². The van der Waals surface area contributed by atoms with Crippen LogP contribution in [0.1, 0.15) is 56.5 Å². The molecule has 1 aliphatic carbocycles. The first-order chi connectivity index (χ1) is 8.61. The van der Waals surface area contributed by atoms with E-state index < -0.39 is 0 Å². The summed E-state index contributed by atoms with van der Waals surface area (Å²) < 4.78 is 0. The number of nitrogens with one attached hydrogen (secondary N) is 1. The average Bonchev–Trinajstić information content (AvgIpc) is 2.89. The lowest BCUT2D eigenvalue weighted by Crippen LogP contribution is -2.33. The molecule has 1 aromatic heterocycles. The molecule has 1 saturated carbocycles. The molecule has 0 aliphatic heterocycles. The second kappa shape index (κ2) is 6.16. The predicted octanol–water partition coefficient (Wildman–Crippen LogP) is 4.15. The summed E-state index contributed by atoms with van der Waals surface area (Å²) >= 11 is 1.77. The molecular weight excluding hydrogens is 240 g/mol. The zero-order valence-electron chi connectivity index (χ0n) is 12.0. The molecule has 2 rings (SSSR count). The molecule has 3 heteroatoms. The molecule has 2 nitrogen and oxygen atoms in total. The van der Waals surface area contributed by atoms with E-state index in [1.165, 1.54) is 49.2 Å². The van der Waals surface area contributed by atoms with E-state index in [-0.39, 0.29) is 0 Å². The Labute approximate surface area is 115 Å². The Balaban J connectivity index is 1.85. The van der Waals surface area contributed by atoms with Gasteiger partial charge < -0.3 is 5.32 Å². The van der Waals surface area contributed by atoms with Crippen molar-refractivity contribution in [2.75, 3.05) is 6.54 Å². The van der Waals surface area contributed by atoms with Crippen LogP contribution in [0.5, 0.6) is 0 Å². The number of nitrogens with zero attached hydrogens (tertiary/aromatic N) is 1. The average molecular weight is 266 g/mol. The number of hydrogen-bond acceptors (Lipinski definition) is 3. The summed E-state index contributed by atoms with van der Waals surface area (Å²) in [6.45, 7) is 8.99. The van der Waals surface area contributed by atoms with Gasteiger partial charge in [0.05, 0.1) is 11.2 Å². The molecule has 1 N–H and O–H groups in total. The van der Waals surface area contributed by atoms with Crippen molar-refractivity contribution in [3.8, 4) is 0 Å². The van der Waals surface area contributed by atoms with Crippen LogP contribution in [0.3, 0.4) is 0 Å². The fourth-order valence-electron chi connectivity index (χ4n) is 3.38. The van der Waals surface area contributed by atoms with Crippen molar-refractivity contribution in [1.29, 1.82) is 0 Å². The number of rotatable bonds is 6. The highest BCUT2D eigenvalue weighted by Crippen LogP contribution is 2.42. The summed E-state index contributed by atoms with van der Waals surface area (Å²) in [7, 11) is 0. The van der Waals surface area contributed by atoms with Crippen LogP contribution in [0.15, 0.2) is 5.51 Å². The summed E-state index contributed by atoms with van der Waals surface area (Å²) in [5.41, 5.74) is 3.72. The van der Waals surface area contributed by atoms with E-state index in [0.29, 0.717) is 5.41 Å². The first-order valence-electron chi connectivity index (χ1n) is 7.21. The second-order valence-electron chi connectivity index (χ2n) is 6.27. The van der Waals surface area contributed by atoms with Gasteiger partial charge in [0.15, 0.2) is 0 Å². The van der Waals surface area contributed by atoms with E-state index >= 15 is 0 Å². The lowest BCUT2D eigenvalue weighted by atomic mass is 9.78. The maximum absolute atomic E-state index is 4.31. The number of hydrogen-bond donors (Lipinski definition) is 1. The summed E-state index contributed by atoms with van der Waals surface area (Å²) in [5, 5.41) is 3.69. The van der Waals surface area contributed by atoms with Gasteiger partial charge in [-0.2, -0.15) is 0 Å². The van der Waals surface area contributed by atoms with Crippen molar-refractivity contribution in [3.63, 3.8) is 0 Å². The highest BCUT2D eigenvalue weighted by atomic mass is 32.1. The Bertz CT molecular complexity index is 364. The SMILES string of the molecule is Cc1ncsc1CNCC1(CC(C)C)CCCC1. The molecule has 0 amide bonds. The Morgan fingerprint density at radius 2 is 2.11 bits per heavy atom. The number of aryl methyl sites for hydroxylation is 1. The van der Waals surface area contributed by atoms with Crippen molar-refractivity contribution in [1.82, 2.24) is 10.3 Å². The lowest BCUT2D eigenvalue weighted by molar-refractivity contribution is 0.223. The predicted molar refractivity (Wildman–Crippen MR) is 78.9 cm³/mol. The van der Waals surface area contributed by atoms with Crippen LogP contribution >= 0.6 is 11.3 Å². The molecule has 0 bridgehead atoms. The number of thiazole rings is 1. The fraction of sp³-hybridized carbons (Fsp3) is 0.800. The number of aromatic nitrogens is 1. The highest BCUT2D eigenvalue weighted by Gasteiger charge is 2.33. The molecule has 1 fully saturated rings. The molecule has 0 aromatic carbocycles. The molecule has 102 valence electrons. The van der Waals surface area contributed by atoms with Gasteiger partial charge in [0, 0.05) is 18.0 Å². The van der Waals surface area contributed by atoms with Gasteiger partial charge in [-0.05, 0) is 37.5 Å². The zero-order valence-corrected chi connectivity index (χ0v) is 12.8. The first-order valence-corrected chi connectivity index (χ1v) is 8.09. The molecule has 0 unspecified atom stereocenters. The zero-order chi connectivity index (χ0) is 13.0. The van der Waals surface area contributed by atoms with Gasteiger partial charge in [0.1, 0.15) is 0 Å². The summed E-state index contributed by atoms with van der Waals surface area (Å²) in [4.78, 5) is 5.71. The van der Waals surface area contributed by atoms with Crippen LogP contribution in [0, 0.1) is 18.3 Å². The van der Waals surface area contributed by atoms with Crippen molar-refractivity contribution in [3.05, 3.63) is 16.1 Å². The third kappa shape index (κ3) is 3.55. The van der Waals surface area contributed by atoms with E-state index in [4.69, 9.17) is 0 Å². The van der Waals surface area contributed by atoms with Gasteiger partial charge in [0.25, 0.3) is 0 Å². The fourth-order valence-corrected chi connectivity index (χ4v) is 4.13. The Morgan fingerprint density at radius 3 is 2.67 bits per heavy atom. The largest absolute Gasteiger partial charge is 0.311 e. The van der Waals surface area contributed by atoms with E-state index in [1.807, 2.05) is 5.51 Å². The van der Waals surface area contributed by atoms with Crippen molar-refractivity contribution in [2.45, 2.75) is 59.4 Å². The third-order valence-electron chi connectivity index (χ3n) is 4.14. The van der Waals surface area contributed by atoms with Crippen LogP contribution in [0.25, 0.3) is 0 Å². The minimum absolute atomic E-state index is 0.576. The molecule has 1 aliphatic rings. The summed E-state index contributed by atoms with van der Waals surface area (Å²) in [6, 6.07) is 0. The first kappa shape index (κ1) is 14.0. The summed E-state index contributed by atoms with van der Waals surface area (Å²) in [6.07, 6.45) is 7.06. The van der Waals surface area contributed by atoms with Crippen LogP contribution in [-0.2, 0) is 6.54 Å². The van der Waals surface area contributed by atoms with E-state index in [1.54, 1.807) is 11.3 Å². The molecular formula is C15H26N2S. The minimum atomic E-state index is 0.576. The lowest BCUT2D eigenvalue weighted by Gasteiger charge is -2.31. The van der Waals surface area contributed by atoms with Crippen molar-refractivity contribution < 1.29 is 0 Å². The van der Waals surface area contributed by atoms with Crippen LogP contribution in [-0.4, -0.2) is 11.5 Å². The van der Waals surface area contributed by atoms with Gasteiger partial charge in [-0.25, -0.2) is 4.98 Å². The maximum Gasteiger partial charge on any atom is 0.0798 e. The molecule has 1 aromatic rings. The standard InChI is InChI=1S/C15H26N2S/c1-12(2)8-15(6-4-5-7-15)10-16-9-14-13(3)17-11-18-14/h11-12,16H,4-10H2,1-3H3. The quantitative estimate of drug-likeness (QED) is 0.836. The molecule has 0 spiro atoms. The Morgan fingerprint density at radius 1 is 1.39 bits per heavy atom. The smallest absolute Gasteiger partial charge is 0.0798 e. The van der Waals surface area contributed by atoms with Gasteiger partial charge >= 0.3 is 0 Å². The molecule has 0 atom stereocenters. The maximum atomic E-state index is 4.31. The van der Waals surface area contributed by atoms with E-state index in [9.17, 15) is 0 Å². The van der Waals surface area contributed by atoms with Gasteiger partial charge in [0.2, 0.25) is 0 Å². The molecule has 1 heterocycles. The minimum Gasteiger partial charge on any atom is -0.311 e.